The van der Waals surface area contributed by atoms with Crippen molar-refractivity contribution in [1.29, 1.82) is 0 Å². The van der Waals surface area contributed by atoms with E-state index in [-0.39, 0.29) is 5.91 Å². The van der Waals surface area contributed by atoms with Crippen LogP contribution in [-0.2, 0) is 11.3 Å². The number of ether oxygens (including phenoxy) is 1. The third-order valence-electron chi connectivity index (χ3n) is 4.82. The molecule has 0 aliphatic carbocycles. The van der Waals surface area contributed by atoms with Crippen LogP contribution in [0.2, 0.25) is 0 Å². The Morgan fingerprint density at radius 3 is 2.55 bits per heavy atom. The highest BCUT2D eigenvalue weighted by atomic mass is 32.1. The first-order chi connectivity index (χ1) is 13.7. The molecule has 29 heavy (non-hydrogen) atoms. The molecule has 0 saturated heterocycles. The number of hydrogen-bond acceptors (Lipinski definition) is 4. The summed E-state index contributed by atoms with van der Waals surface area (Å²) in [4.78, 5) is 25.7. The Morgan fingerprint density at radius 1 is 1.14 bits per heavy atom. The zero-order valence-electron chi connectivity index (χ0n) is 18.0. The van der Waals surface area contributed by atoms with Gasteiger partial charge in [-0.15, -0.1) is 11.3 Å². The van der Waals surface area contributed by atoms with E-state index in [0.717, 1.165) is 28.8 Å². The molecule has 0 unspecified atom stereocenters. The van der Waals surface area contributed by atoms with Crippen LogP contribution in [0, 0.1) is 5.92 Å². The van der Waals surface area contributed by atoms with Crippen molar-refractivity contribution in [3.8, 4) is 10.4 Å². The predicted octanol–water partition coefficient (Wildman–Crippen LogP) is 5.61. The molecule has 1 heterocycles. The Kier molecular flexibility index (Phi) is 8.26. The number of carbonyl (C=O) groups excluding carboxylic acids is 2. The largest absolute Gasteiger partial charge is 0.444 e. The van der Waals surface area contributed by atoms with E-state index in [9.17, 15) is 9.59 Å². The van der Waals surface area contributed by atoms with E-state index in [1.54, 1.807) is 0 Å². The second-order valence-corrected chi connectivity index (χ2v) is 9.03. The van der Waals surface area contributed by atoms with Crippen LogP contribution in [-0.4, -0.2) is 24.1 Å². The SMILES string of the molecule is CCC(C)(C)OC(=O)NCc1ccccc1-c1sccc1C(=O)NCCC(C)C. The van der Waals surface area contributed by atoms with Crippen LogP contribution in [0.15, 0.2) is 35.7 Å². The highest BCUT2D eigenvalue weighted by Crippen LogP contribution is 2.32. The number of amides is 2. The van der Waals surface area contributed by atoms with Crippen LogP contribution >= 0.6 is 11.3 Å². The van der Waals surface area contributed by atoms with Crippen LogP contribution in [0.3, 0.4) is 0 Å². The van der Waals surface area contributed by atoms with Crippen molar-refractivity contribution in [2.24, 2.45) is 5.92 Å². The van der Waals surface area contributed by atoms with Crippen molar-refractivity contribution in [2.45, 2.75) is 59.6 Å². The van der Waals surface area contributed by atoms with Gasteiger partial charge >= 0.3 is 6.09 Å². The summed E-state index contributed by atoms with van der Waals surface area (Å²) in [7, 11) is 0. The molecule has 2 N–H and O–H groups in total. The van der Waals surface area contributed by atoms with Gasteiger partial charge in [0.05, 0.1) is 5.56 Å². The molecule has 6 heteroatoms. The molecule has 0 saturated carbocycles. The molecule has 1 aromatic heterocycles. The lowest BCUT2D eigenvalue weighted by Gasteiger charge is -2.23. The van der Waals surface area contributed by atoms with Gasteiger partial charge in [0.2, 0.25) is 0 Å². The van der Waals surface area contributed by atoms with Crippen LogP contribution in [0.1, 0.15) is 63.4 Å². The van der Waals surface area contributed by atoms with Crippen LogP contribution in [0.5, 0.6) is 0 Å². The summed E-state index contributed by atoms with van der Waals surface area (Å²) < 4.78 is 5.45. The number of benzene rings is 1. The van der Waals surface area contributed by atoms with Crippen LogP contribution in [0.25, 0.3) is 10.4 Å². The zero-order valence-corrected chi connectivity index (χ0v) is 18.8. The molecule has 2 aromatic rings. The summed E-state index contributed by atoms with van der Waals surface area (Å²) in [5.74, 6) is 0.482. The average molecular weight is 417 g/mol. The maximum absolute atomic E-state index is 12.7. The lowest BCUT2D eigenvalue weighted by molar-refractivity contribution is 0.0360. The first kappa shape index (κ1) is 22.9. The van der Waals surface area contributed by atoms with Crippen molar-refractivity contribution >= 4 is 23.3 Å². The molecular weight excluding hydrogens is 384 g/mol. The summed E-state index contributed by atoms with van der Waals surface area (Å²) in [5.41, 5.74) is 2.06. The van der Waals surface area contributed by atoms with Crippen molar-refractivity contribution in [3.05, 3.63) is 46.8 Å². The number of rotatable bonds is 9. The van der Waals surface area contributed by atoms with Crippen LogP contribution < -0.4 is 10.6 Å². The topological polar surface area (TPSA) is 67.4 Å². The third kappa shape index (κ3) is 6.89. The number of nitrogens with one attached hydrogen (secondary N) is 2. The number of alkyl carbamates (subject to hydrolysis) is 1. The minimum Gasteiger partial charge on any atom is -0.444 e. The molecule has 0 aliphatic rings. The van der Waals surface area contributed by atoms with Crippen molar-refractivity contribution in [2.75, 3.05) is 6.54 Å². The maximum Gasteiger partial charge on any atom is 0.407 e. The molecule has 1 aromatic carbocycles. The van der Waals surface area contributed by atoms with Gasteiger partial charge in [0.15, 0.2) is 0 Å². The van der Waals surface area contributed by atoms with E-state index in [1.165, 1.54) is 11.3 Å². The molecule has 0 fully saturated rings. The predicted molar refractivity (Wildman–Crippen MR) is 119 cm³/mol. The van der Waals surface area contributed by atoms with Crippen molar-refractivity contribution < 1.29 is 14.3 Å². The maximum atomic E-state index is 12.7. The summed E-state index contributed by atoms with van der Waals surface area (Å²) in [6.45, 7) is 11.0. The Balaban J connectivity index is 2.12. The minimum absolute atomic E-state index is 0.0613. The molecule has 0 bridgehead atoms. The third-order valence-corrected chi connectivity index (χ3v) is 5.77. The van der Waals surface area contributed by atoms with Gasteiger partial charge in [-0.05, 0) is 55.2 Å². The Morgan fingerprint density at radius 2 is 1.86 bits per heavy atom. The lowest BCUT2D eigenvalue weighted by atomic mass is 10.0. The molecule has 0 aliphatic heterocycles. The van der Waals surface area contributed by atoms with Gasteiger partial charge in [-0.3, -0.25) is 4.79 Å². The summed E-state index contributed by atoms with van der Waals surface area (Å²) in [5, 5.41) is 7.76. The van der Waals surface area contributed by atoms with Gasteiger partial charge in [-0.2, -0.15) is 0 Å². The fourth-order valence-corrected chi connectivity index (χ4v) is 3.64. The standard InChI is InChI=1S/C23H32N2O3S/c1-6-23(4,5)28-22(27)25-15-17-9-7-8-10-18(17)20-19(12-14-29-20)21(26)24-13-11-16(2)3/h7-10,12,14,16H,6,11,13,15H2,1-5H3,(H,24,26)(H,25,27). The Bertz CT molecular complexity index is 827. The molecule has 2 amide bonds. The quantitative estimate of drug-likeness (QED) is 0.559. The average Bonchev–Trinajstić information content (AvgIpc) is 3.15. The summed E-state index contributed by atoms with van der Waals surface area (Å²) >= 11 is 1.53. The van der Waals surface area contributed by atoms with Gasteiger partial charge < -0.3 is 15.4 Å². The Hall–Kier alpha value is -2.34. The van der Waals surface area contributed by atoms with E-state index >= 15 is 0 Å². The molecule has 0 atom stereocenters. The number of carbonyl (C=O) groups is 2. The monoisotopic (exact) mass is 416 g/mol. The van der Waals surface area contributed by atoms with E-state index < -0.39 is 11.7 Å². The van der Waals surface area contributed by atoms with E-state index in [4.69, 9.17) is 4.74 Å². The second kappa shape index (κ2) is 10.4. The smallest absolute Gasteiger partial charge is 0.407 e. The van der Waals surface area contributed by atoms with Gasteiger partial charge in [0, 0.05) is 18.0 Å². The fraction of sp³-hybridized carbons (Fsp3) is 0.478. The van der Waals surface area contributed by atoms with Gasteiger partial charge in [0.25, 0.3) is 5.91 Å². The molecule has 158 valence electrons. The van der Waals surface area contributed by atoms with E-state index in [1.807, 2.05) is 56.5 Å². The van der Waals surface area contributed by atoms with Gasteiger partial charge in [-0.1, -0.05) is 45.0 Å². The van der Waals surface area contributed by atoms with Gasteiger partial charge in [-0.25, -0.2) is 4.79 Å². The normalized spacial score (nSPS) is 11.4. The second-order valence-electron chi connectivity index (χ2n) is 8.12. The first-order valence-electron chi connectivity index (χ1n) is 10.1. The zero-order chi connectivity index (χ0) is 21.4. The lowest BCUT2D eigenvalue weighted by Crippen LogP contribution is -2.34. The minimum atomic E-state index is -0.501. The fourth-order valence-electron chi connectivity index (χ4n) is 2.69. The number of hydrogen-bond donors (Lipinski definition) is 2. The molecule has 2 rings (SSSR count). The van der Waals surface area contributed by atoms with Crippen LogP contribution in [0.4, 0.5) is 4.79 Å². The van der Waals surface area contributed by atoms with E-state index in [2.05, 4.69) is 24.5 Å². The van der Waals surface area contributed by atoms with Crippen molar-refractivity contribution in [1.82, 2.24) is 10.6 Å². The highest BCUT2D eigenvalue weighted by Gasteiger charge is 2.21. The van der Waals surface area contributed by atoms with E-state index in [0.29, 0.717) is 24.6 Å². The molecular formula is C23H32N2O3S. The highest BCUT2D eigenvalue weighted by molar-refractivity contribution is 7.14. The van der Waals surface area contributed by atoms with Gasteiger partial charge in [0.1, 0.15) is 5.60 Å². The summed E-state index contributed by atoms with van der Waals surface area (Å²) in [6, 6.07) is 9.66. The molecule has 0 radical (unpaired) electrons. The summed E-state index contributed by atoms with van der Waals surface area (Å²) in [6.07, 6.45) is 1.24. The van der Waals surface area contributed by atoms with Crippen molar-refractivity contribution in [3.63, 3.8) is 0 Å². The number of thiophene rings is 1. The Labute approximate surface area is 177 Å². The first-order valence-corrected chi connectivity index (χ1v) is 11.0. The molecule has 5 nitrogen and oxygen atoms in total. The molecule has 0 spiro atoms.